The lowest BCUT2D eigenvalue weighted by Gasteiger charge is -2.36. The number of hydrogen-bond acceptors (Lipinski definition) is 5. The first-order valence-corrected chi connectivity index (χ1v) is 10.4. The predicted octanol–water partition coefficient (Wildman–Crippen LogP) is 4.69. The minimum absolute atomic E-state index is 0.204. The van der Waals surface area contributed by atoms with Gasteiger partial charge in [-0.2, -0.15) is 13.2 Å². The highest BCUT2D eigenvalue weighted by Gasteiger charge is 2.29. The molecule has 2 aromatic carbocycles. The molecular weight excluding hydrogens is 512 g/mol. The van der Waals surface area contributed by atoms with E-state index in [1.807, 2.05) is 24.3 Å². The van der Waals surface area contributed by atoms with Gasteiger partial charge in [-0.3, -0.25) is 9.69 Å². The smallest absolute Gasteiger partial charge is 0.416 e. The molecule has 1 fully saturated rings. The lowest BCUT2D eigenvalue weighted by atomic mass is 10.1. The van der Waals surface area contributed by atoms with Crippen LogP contribution in [0.4, 0.5) is 18.9 Å². The average Bonchev–Trinajstić information content (AvgIpc) is 2.76. The molecule has 0 unspecified atom stereocenters. The lowest BCUT2D eigenvalue weighted by molar-refractivity contribution is -0.137. The van der Waals surface area contributed by atoms with Crippen molar-refractivity contribution in [3.05, 3.63) is 59.7 Å². The van der Waals surface area contributed by atoms with E-state index in [9.17, 15) is 18.0 Å². The molecule has 162 valence electrons. The summed E-state index contributed by atoms with van der Waals surface area (Å²) >= 11 is 1.61. The largest absolute Gasteiger partial charge is 0.489 e. The number of nitrogens with zero attached hydrogens (tertiary/aromatic N) is 2. The van der Waals surface area contributed by atoms with Crippen molar-refractivity contribution >= 4 is 34.7 Å². The van der Waals surface area contributed by atoms with Crippen LogP contribution in [-0.4, -0.2) is 43.6 Å². The fourth-order valence-electron chi connectivity index (χ4n) is 3.23. The Labute approximate surface area is 187 Å². The Morgan fingerprint density at radius 2 is 1.60 bits per heavy atom. The maximum absolute atomic E-state index is 12.6. The Balaban J connectivity index is 1.46. The molecule has 3 rings (SSSR count). The van der Waals surface area contributed by atoms with Gasteiger partial charge in [0.05, 0.1) is 12.0 Å². The predicted molar refractivity (Wildman–Crippen MR) is 116 cm³/mol. The van der Waals surface area contributed by atoms with Crippen LogP contribution < -0.4 is 9.64 Å². The van der Waals surface area contributed by atoms with Gasteiger partial charge >= 0.3 is 12.1 Å². The Morgan fingerprint density at radius 3 is 2.17 bits per heavy atom. The summed E-state index contributed by atoms with van der Waals surface area (Å²) in [6.45, 7) is 4.39. The van der Waals surface area contributed by atoms with Crippen LogP contribution in [0.2, 0.25) is 0 Å². The fraction of sp³-hybridized carbons (Fsp3) is 0.381. The quantitative estimate of drug-likeness (QED) is 0.483. The van der Waals surface area contributed by atoms with E-state index < -0.39 is 11.7 Å². The summed E-state index contributed by atoms with van der Waals surface area (Å²) in [5.41, 5.74) is 1.10. The molecule has 0 atom stereocenters. The van der Waals surface area contributed by atoms with Gasteiger partial charge in [0.1, 0.15) is 12.4 Å². The van der Waals surface area contributed by atoms with Gasteiger partial charge in [0.15, 0.2) is 23.0 Å². The van der Waals surface area contributed by atoms with Crippen LogP contribution in [0.25, 0.3) is 0 Å². The SMILES string of the molecule is O=C(CCN1CCN(c2ccc(OCc3ccc(C(F)(F)F)cc3)cc2)CC1)OI. The Hall–Kier alpha value is -2.01. The van der Waals surface area contributed by atoms with Crippen molar-refractivity contribution in [1.82, 2.24) is 4.90 Å². The van der Waals surface area contributed by atoms with E-state index in [2.05, 4.69) is 12.9 Å². The van der Waals surface area contributed by atoms with Gasteiger partial charge in [0, 0.05) is 38.4 Å². The number of ether oxygens (including phenoxy) is 1. The highest BCUT2D eigenvalue weighted by atomic mass is 127. The lowest BCUT2D eigenvalue weighted by Crippen LogP contribution is -2.46. The van der Waals surface area contributed by atoms with Crippen molar-refractivity contribution in [2.75, 3.05) is 37.6 Å². The Morgan fingerprint density at radius 1 is 0.967 bits per heavy atom. The van der Waals surface area contributed by atoms with Gasteiger partial charge in [-0.05, 0) is 42.0 Å². The molecule has 0 bridgehead atoms. The van der Waals surface area contributed by atoms with Crippen molar-refractivity contribution in [2.45, 2.75) is 19.2 Å². The van der Waals surface area contributed by atoms with Crippen LogP contribution in [0.5, 0.6) is 5.75 Å². The number of carbonyl (C=O) groups excluding carboxylic acids is 1. The molecule has 5 nitrogen and oxygen atoms in total. The third-order valence-electron chi connectivity index (χ3n) is 4.98. The molecule has 2 aromatic rings. The van der Waals surface area contributed by atoms with Crippen molar-refractivity contribution in [3.63, 3.8) is 0 Å². The standard InChI is InChI=1S/C21H22F3IN2O3/c22-21(23,24)17-3-1-16(2-4-17)15-29-19-7-5-18(6-8-19)27-13-11-26(12-14-27)10-9-20(28)30-25/h1-8H,9-15H2. The van der Waals surface area contributed by atoms with Crippen LogP contribution in [0, 0.1) is 0 Å². The third kappa shape index (κ3) is 6.49. The van der Waals surface area contributed by atoms with Crippen molar-refractivity contribution in [2.24, 2.45) is 0 Å². The summed E-state index contributed by atoms with van der Waals surface area (Å²) in [5.74, 6) is 0.458. The first-order chi connectivity index (χ1) is 14.3. The van der Waals surface area contributed by atoms with Crippen LogP contribution in [-0.2, 0) is 20.6 Å². The molecule has 1 saturated heterocycles. The molecular formula is C21H22F3IN2O3. The number of carbonyl (C=O) groups is 1. The summed E-state index contributed by atoms with van der Waals surface area (Å²) in [6, 6.07) is 12.7. The third-order valence-corrected chi connectivity index (χ3v) is 5.47. The van der Waals surface area contributed by atoms with E-state index in [0.29, 0.717) is 24.3 Å². The van der Waals surface area contributed by atoms with Gasteiger partial charge in [-0.1, -0.05) is 12.1 Å². The molecule has 1 aliphatic rings. The number of hydrogen-bond donors (Lipinski definition) is 0. The van der Waals surface area contributed by atoms with Gasteiger partial charge in [0.25, 0.3) is 0 Å². The molecule has 0 aromatic heterocycles. The van der Waals surface area contributed by atoms with Crippen molar-refractivity contribution in [3.8, 4) is 5.75 Å². The average molecular weight is 534 g/mol. The van der Waals surface area contributed by atoms with Crippen LogP contribution in [0.1, 0.15) is 17.5 Å². The van der Waals surface area contributed by atoms with E-state index in [1.165, 1.54) is 12.1 Å². The van der Waals surface area contributed by atoms with Crippen LogP contribution in [0.15, 0.2) is 48.5 Å². The molecule has 0 radical (unpaired) electrons. The van der Waals surface area contributed by atoms with Crippen LogP contribution >= 0.6 is 23.0 Å². The van der Waals surface area contributed by atoms with Crippen molar-refractivity contribution in [1.29, 1.82) is 0 Å². The zero-order chi connectivity index (χ0) is 21.6. The monoisotopic (exact) mass is 534 g/mol. The maximum atomic E-state index is 12.6. The molecule has 1 aliphatic heterocycles. The summed E-state index contributed by atoms with van der Waals surface area (Å²) in [5, 5.41) is 0. The Bertz CT molecular complexity index is 821. The maximum Gasteiger partial charge on any atom is 0.416 e. The van der Waals surface area contributed by atoms with E-state index in [-0.39, 0.29) is 12.6 Å². The van der Waals surface area contributed by atoms with E-state index in [0.717, 1.165) is 44.0 Å². The molecule has 0 aliphatic carbocycles. The number of rotatable bonds is 7. The number of alkyl halides is 3. The molecule has 1 heterocycles. The van der Waals surface area contributed by atoms with Gasteiger partial charge in [-0.15, -0.1) is 0 Å². The topological polar surface area (TPSA) is 42.0 Å². The highest BCUT2D eigenvalue weighted by Crippen LogP contribution is 2.29. The second-order valence-corrected chi connectivity index (χ2v) is 7.45. The van der Waals surface area contributed by atoms with Gasteiger partial charge in [0.2, 0.25) is 0 Å². The Kier molecular flexibility index (Phi) is 7.81. The highest BCUT2D eigenvalue weighted by molar-refractivity contribution is 14.1. The normalized spacial score (nSPS) is 15.1. The summed E-state index contributed by atoms with van der Waals surface area (Å²) in [7, 11) is 0. The number of anilines is 1. The zero-order valence-electron chi connectivity index (χ0n) is 16.2. The van der Waals surface area contributed by atoms with Crippen molar-refractivity contribution < 1.29 is 25.8 Å². The molecule has 0 spiro atoms. The first-order valence-electron chi connectivity index (χ1n) is 9.53. The van der Waals surface area contributed by atoms with E-state index in [4.69, 9.17) is 4.74 Å². The van der Waals surface area contributed by atoms with Crippen LogP contribution in [0.3, 0.4) is 0 Å². The minimum atomic E-state index is -4.33. The van der Waals surface area contributed by atoms with Gasteiger partial charge in [-0.25, -0.2) is 0 Å². The minimum Gasteiger partial charge on any atom is -0.489 e. The second kappa shape index (κ2) is 10.3. The number of halogens is 4. The summed E-state index contributed by atoms with van der Waals surface area (Å²) < 4.78 is 48.2. The summed E-state index contributed by atoms with van der Waals surface area (Å²) in [6.07, 6.45) is -3.93. The fourth-order valence-corrected chi connectivity index (χ4v) is 3.45. The molecule has 0 amide bonds. The van der Waals surface area contributed by atoms with E-state index in [1.54, 1.807) is 23.0 Å². The molecule has 30 heavy (non-hydrogen) atoms. The van der Waals surface area contributed by atoms with Gasteiger partial charge < -0.3 is 12.7 Å². The molecule has 0 saturated carbocycles. The zero-order valence-corrected chi connectivity index (χ0v) is 18.4. The number of benzene rings is 2. The molecule has 9 heteroatoms. The second-order valence-electron chi connectivity index (χ2n) is 7.01. The molecule has 0 N–H and O–H groups in total. The van der Waals surface area contributed by atoms with E-state index >= 15 is 0 Å². The summed E-state index contributed by atoms with van der Waals surface area (Å²) in [4.78, 5) is 15.8. The first kappa shape index (κ1) is 22.7. The number of piperazine rings is 1.